The lowest BCUT2D eigenvalue weighted by atomic mass is 9.93. The number of aliphatic hydroxyl groups is 1. The van der Waals surface area contributed by atoms with Gasteiger partial charge in [-0.3, -0.25) is 4.79 Å². The minimum atomic E-state index is -0.329. The van der Waals surface area contributed by atoms with Gasteiger partial charge in [0.15, 0.2) is 0 Å². The van der Waals surface area contributed by atoms with Crippen LogP contribution in [-0.4, -0.2) is 57.6 Å². The Morgan fingerprint density at radius 3 is 2.76 bits per heavy atom. The lowest BCUT2D eigenvalue weighted by Gasteiger charge is -2.40. The first-order valence-corrected chi connectivity index (χ1v) is 8.91. The molecule has 132 valence electrons. The molecule has 0 bridgehead atoms. The van der Waals surface area contributed by atoms with Crippen LogP contribution in [0, 0.1) is 5.92 Å². The Morgan fingerprint density at radius 2 is 2.08 bits per heavy atom. The second-order valence-corrected chi connectivity index (χ2v) is 6.80. The number of morpholine rings is 1. The Hall–Kier alpha value is -2.18. The van der Waals surface area contributed by atoms with E-state index in [1.165, 1.54) is 0 Å². The van der Waals surface area contributed by atoms with Gasteiger partial charge in [0.05, 0.1) is 31.0 Å². The van der Waals surface area contributed by atoms with Crippen LogP contribution in [0.5, 0.6) is 0 Å². The van der Waals surface area contributed by atoms with Gasteiger partial charge in [0.1, 0.15) is 0 Å². The number of carbonyl (C=O) groups is 1. The molecular formula is C19H23N3O3. The molecule has 1 aromatic heterocycles. The molecule has 3 atom stereocenters. The van der Waals surface area contributed by atoms with Crippen LogP contribution in [0.15, 0.2) is 42.7 Å². The average Bonchev–Trinajstić information content (AvgIpc) is 3.33. The maximum Gasteiger partial charge on any atom is 0.254 e. The summed E-state index contributed by atoms with van der Waals surface area (Å²) in [6, 6.07) is 9.32. The monoisotopic (exact) mass is 341 g/mol. The number of amides is 1. The van der Waals surface area contributed by atoms with Crippen LogP contribution < -0.4 is 0 Å². The van der Waals surface area contributed by atoms with Crippen LogP contribution >= 0.6 is 0 Å². The molecule has 0 spiro atoms. The van der Waals surface area contributed by atoms with E-state index in [1.54, 1.807) is 10.9 Å². The van der Waals surface area contributed by atoms with E-state index >= 15 is 0 Å². The fourth-order valence-corrected chi connectivity index (χ4v) is 3.99. The largest absolute Gasteiger partial charge is 0.393 e. The lowest BCUT2D eigenvalue weighted by molar-refractivity contribution is -0.0383. The third-order valence-electron chi connectivity index (χ3n) is 5.34. The molecule has 6 nitrogen and oxygen atoms in total. The van der Waals surface area contributed by atoms with Gasteiger partial charge in [-0.2, -0.15) is 5.10 Å². The highest BCUT2D eigenvalue weighted by molar-refractivity contribution is 5.94. The van der Waals surface area contributed by atoms with E-state index in [2.05, 4.69) is 5.10 Å². The van der Waals surface area contributed by atoms with Crippen molar-refractivity contribution < 1.29 is 14.6 Å². The van der Waals surface area contributed by atoms with Gasteiger partial charge < -0.3 is 14.7 Å². The first kappa shape index (κ1) is 16.3. The number of benzene rings is 1. The van der Waals surface area contributed by atoms with E-state index < -0.39 is 0 Å². The van der Waals surface area contributed by atoms with Gasteiger partial charge in [-0.1, -0.05) is 6.42 Å². The summed E-state index contributed by atoms with van der Waals surface area (Å²) in [5, 5.41) is 14.5. The van der Waals surface area contributed by atoms with Gasteiger partial charge in [0.2, 0.25) is 0 Å². The molecule has 2 aromatic rings. The quantitative estimate of drug-likeness (QED) is 0.925. The van der Waals surface area contributed by atoms with E-state index in [0.717, 1.165) is 24.9 Å². The fraction of sp³-hybridized carbons (Fsp3) is 0.474. The topological polar surface area (TPSA) is 67.6 Å². The first-order valence-electron chi connectivity index (χ1n) is 8.91. The van der Waals surface area contributed by atoms with Crippen LogP contribution in [0.1, 0.15) is 29.6 Å². The van der Waals surface area contributed by atoms with Crippen LogP contribution in [0.4, 0.5) is 0 Å². The van der Waals surface area contributed by atoms with Crippen LogP contribution in [0.3, 0.4) is 0 Å². The van der Waals surface area contributed by atoms with Crippen molar-refractivity contribution in [2.45, 2.75) is 31.4 Å². The highest BCUT2D eigenvalue weighted by Gasteiger charge is 2.39. The highest BCUT2D eigenvalue weighted by Crippen LogP contribution is 2.32. The number of aliphatic hydroxyl groups excluding tert-OH is 1. The fourth-order valence-electron chi connectivity index (χ4n) is 3.99. The molecule has 2 aliphatic rings. The summed E-state index contributed by atoms with van der Waals surface area (Å²) in [6.45, 7) is 1.64. The van der Waals surface area contributed by atoms with Crippen molar-refractivity contribution in [3.05, 3.63) is 48.3 Å². The van der Waals surface area contributed by atoms with Crippen molar-refractivity contribution >= 4 is 5.91 Å². The zero-order chi connectivity index (χ0) is 17.2. The Kier molecular flexibility index (Phi) is 4.55. The van der Waals surface area contributed by atoms with Crippen molar-refractivity contribution in [1.82, 2.24) is 14.7 Å². The molecular weight excluding hydrogens is 318 g/mol. The summed E-state index contributed by atoms with van der Waals surface area (Å²) in [5.41, 5.74) is 1.58. The number of ether oxygens (including phenoxy) is 1. The molecule has 2 fully saturated rings. The van der Waals surface area contributed by atoms with Crippen molar-refractivity contribution in [3.8, 4) is 5.69 Å². The standard InChI is InChI=1S/C19H23N3O3/c23-18-4-1-3-16(18)17-13-25-12-11-21(17)19(24)14-5-7-15(8-6-14)22-10-2-9-20-22/h2,5-10,16-18,23H,1,3-4,11-13H2/t16-,17-,18+/m1/s1. The predicted octanol–water partition coefficient (Wildman–Crippen LogP) is 1.87. The maximum atomic E-state index is 13.0. The van der Waals surface area contributed by atoms with Crippen LogP contribution in [-0.2, 0) is 4.74 Å². The minimum Gasteiger partial charge on any atom is -0.393 e. The smallest absolute Gasteiger partial charge is 0.254 e. The number of hydrogen-bond acceptors (Lipinski definition) is 4. The lowest BCUT2D eigenvalue weighted by Crippen LogP contribution is -2.53. The summed E-state index contributed by atoms with van der Waals surface area (Å²) in [7, 11) is 0. The van der Waals surface area contributed by atoms with Gasteiger partial charge in [0.25, 0.3) is 5.91 Å². The number of nitrogens with zero attached hydrogens (tertiary/aromatic N) is 3. The third-order valence-corrected chi connectivity index (χ3v) is 5.34. The number of rotatable bonds is 3. The number of carbonyl (C=O) groups excluding carboxylic acids is 1. The Labute approximate surface area is 147 Å². The Balaban J connectivity index is 1.54. The summed E-state index contributed by atoms with van der Waals surface area (Å²) in [5.74, 6) is 0.131. The molecule has 4 rings (SSSR count). The van der Waals surface area contributed by atoms with Gasteiger partial charge in [-0.05, 0) is 43.2 Å². The Morgan fingerprint density at radius 1 is 1.24 bits per heavy atom. The van der Waals surface area contributed by atoms with E-state index in [1.807, 2.05) is 41.4 Å². The van der Waals surface area contributed by atoms with Gasteiger partial charge in [-0.15, -0.1) is 0 Å². The molecule has 0 unspecified atom stereocenters. The van der Waals surface area contributed by atoms with Crippen molar-refractivity contribution in [1.29, 1.82) is 0 Å². The summed E-state index contributed by atoms with van der Waals surface area (Å²) < 4.78 is 7.38. The maximum absolute atomic E-state index is 13.0. The Bertz CT molecular complexity index is 714. The van der Waals surface area contributed by atoms with Gasteiger partial charge in [-0.25, -0.2) is 4.68 Å². The molecule has 1 N–H and O–H groups in total. The SMILES string of the molecule is O=C(c1ccc(-n2cccn2)cc1)N1CCOC[C@@H]1[C@H]1CCC[C@@H]1O. The van der Waals surface area contributed by atoms with Crippen molar-refractivity contribution in [2.75, 3.05) is 19.8 Å². The highest BCUT2D eigenvalue weighted by atomic mass is 16.5. The van der Waals surface area contributed by atoms with Gasteiger partial charge >= 0.3 is 0 Å². The van der Waals surface area contributed by atoms with E-state index in [9.17, 15) is 9.90 Å². The van der Waals surface area contributed by atoms with Crippen LogP contribution in [0.25, 0.3) is 5.69 Å². The molecule has 1 saturated heterocycles. The number of hydrogen-bond donors (Lipinski definition) is 1. The van der Waals surface area contributed by atoms with Crippen molar-refractivity contribution in [2.24, 2.45) is 5.92 Å². The van der Waals surface area contributed by atoms with Gasteiger partial charge in [0, 0.05) is 30.4 Å². The molecule has 2 heterocycles. The van der Waals surface area contributed by atoms with Crippen molar-refractivity contribution in [3.63, 3.8) is 0 Å². The number of aromatic nitrogens is 2. The molecule has 1 saturated carbocycles. The molecule has 1 aliphatic heterocycles. The van der Waals surface area contributed by atoms with E-state index in [0.29, 0.717) is 25.3 Å². The zero-order valence-electron chi connectivity index (χ0n) is 14.1. The molecule has 6 heteroatoms. The average molecular weight is 341 g/mol. The molecule has 1 aromatic carbocycles. The summed E-state index contributed by atoms with van der Waals surface area (Å²) >= 11 is 0. The van der Waals surface area contributed by atoms with E-state index in [4.69, 9.17) is 4.74 Å². The molecule has 1 amide bonds. The molecule has 25 heavy (non-hydrogen) atoms. The molecule has 1 aliphatic carbocycles. The predicted molar refractivity (Wildman–Crippen MR) is 92.6 cm³/mol. The normalized spacial score (nSPS) is 26.8. The first-order chi connectivity index (χ1) is 12.2. The van der Waals surface area contributed by atoms with Crippen LogP contribution in [0.2, 0.25) is 0 Å². The van der Waals surface area contributed by atoms with E-state index in [-0.39, 0.29) is 24.0 Å². The summed E-state index contributed by atoms with van der Waals surface area (Å²) in [4.78, 5) is 14.9. The summed E-state index contributed by atoms with van der Waals surface area (Å²) in [6.07, 6.45) is 6.06. The second kappa shape index (κ2) is 6.98. The molecule has 0 radical (unpaired) electrons. The zero-order valence-corrected chi connectivity index (χ0v) is 14.1. The third kappa shape index (κ3) is 3.19. The minimum absolute atomic E-state index is 0.0133. The second-order valence-electron chi connectivity index (χ2n) is 6.80.